The second-order valence-corrected chi connectivity index (χ2v) is 9.46. The number of carbonyl (C=O) groups excluding carboxylic acids is 2. The Morgan fingerprint density at radius 2 is 1.74 bits per heavy atom. The van der Waals surface area contributed by atoms with E-state index in [0.29, 0.717) is 16.7 Å². The lowest BCUT2D eigenvalue weighted by molar-refractivity contribution is -0.137. The molecular formula is C26H24F3N5O5. The summed E-state index contributed by atoms with van der Waals surface area (Å²) in [6.07, 6.45) is -3.44. The molecule has 4 aromatic rings. The fourth-order valence-electron chi connectivity index (χ4n) is 3.61. The molecule has 2 aromatic heterocycles. The topological polar surface area (TPSA) is 142 Å². The van der Waals surface area contributed by atoms with Gasteiger partial charge in [0.25, 0.3) is 5.91 Å². The zero-order chi connectivity index (χ0) is 28.5. The standard InChI is InChI=1S/C26H24F3N5O5/c1-25(2,3)21-12-22(34-39-21)33-24(36)32-17-6-5-13(9-16(17)26(27,28)29)38-19-7-8-31-18-11-20(37-4)15(23(30)35)10-14(18)19/h5-12H,1-4H3,(H2,30,35)(H2,32,33,34,36). The Balaban J connectivity index is 1.62. The number of nitrogens with zero attached hydrogens (tertiary/aromatic N) is 2. The number of benzene rings is 2. The minimum atomic E-state index is -4.83. The van der Waals surface area contributed by atoms with Gasteiger partial charge in [0.05, 0.1) is 29.4 Å². The third kappa shape index (κ3) is 6.03. The maximum atomic E-state index is 13.9. The second-order valence-electron chi connectivity index (χ2n) is 9.46. The molecule has 0 radical (unpaired) electrons. The van der Waals surface area contributed by atoms with Crippen molar-refractivity contribution in [2.24, 2.45) is 5.73 Å². The number of hydrogen-bond acceptors (Lipinski definition) is 7. The third-order valence-corrected chi connectivity index (χ3v) is 5.55. The lowest BCUT2D eigenvalue weighted by Crippen LogP contribution is -2.22. The quantitative estimate of drug-likeness (QED) is 0.267. The number of halogens is 3. The van der Waals surface area contributed by atoms with Crippen LogP contribution in [0.1, 0.15) is 42.5 Å². The molecule has 4 rings (SSSR count). The number of pyridine rings is 1. The Bertz CT molecular complexity index is 1560. The van der Waals surface area contributed by atoms with Crippen molar-refractivity contribution in [3.63, 3.8) is 0 Å². The fourth-order valence-corrected chi connectivity index (χ4v) is 3.61. The van der Waals surface area contributed by atoms with E-state index in [1.165, 1.54) is 43.6 Å². The first kappa shape index (κ1) is 27.2. The van der Waals surface area contributed by atoms with E-state index in [9.17, 15) is 22.8 Å². The highest BCUT2D eigenvalue weighted by atomic mass is 19.4. The van der Waals surface area contributed by atoms with Gasteiger partial charge in [0, 0.05) is 29.1 Å². The Hall–Kier alpha value is -4.81. The molecule has 10 nitrogen and oxygen atoms in total. The molecule has 4 N–H and O–H groups in total. The smallest absolute Gasteiger partial charge is 0.418 e. The Labute approximate surface area is 220 Å². The SMILES string of the molecule is COc1cc2nccc(Oc3ccc(NC(=O)Nc4cc(C(C)(C)C)on4)c(C(F)(F)F)c3)c2cc1C(N)=O. The first-order valence-electron chi connectivity index (χ1n) is 11.5. The highest BCUT2D eigenvalue weighted by Gasteiger charge is 2.35. The van der Waals surface area contributed by atoms with E-state index in [2.05, 4.69) is 20.8 Å². The number of alkyl halides is 3. The van der Waals surface area contributed by atoms with Gasteiger partial charge in [-0.1, -0.05) is 25.9 Å². The normalized spacial score (nSPS) is 11.8. The monoisotopic (exact) mass is 543 g/mol. The number of carbonyl (C=O) groups is 2. The van der Waals surface area contributed by atoms with Gasteiger partial charge in [-0.2, -0.15) is 13.2 Å². The van der Waals surface area contributed by atoms with Gasteiger partial charge >= 0.3 is 12.2 Å². The number of nitrogens with one attached hydrogen (secondary N) is 2. The van der Waals surface area contributed by atoms with Gasteiger partial charge in [0.1, 0.15) is 23.0 Å². The number of amides is 3. The molecule has 0 fully saturated rings. The number of fused-ring (bicyclic) bond motifs is 1. The van der Waals surface area contributed by atoms with Gasteiger partial charge in [0.15, 0.2) is 5.82 Å². The Morgan fingerprint density at radius 3 is 2.36 bits per heavy atom. The molecule has 0 atom stereocenters. The van der Waals surface area contributed by atoms with Crippen LogP contribution in [0.25, 0.3) is 10.9 Å². The molecule has 0 aliphatic rings. The number of rotatable bonds is 6. The molecular weight excluding hydrogens is 519 g/mol. The van der Waals surface area contributed by atoms with Crippen LogP contribution in [-0.4, -0.2) is 29.2 Å². The molecule has 13 heteroatoms. The number of urea groups is 1. The van der Waals surface area contributed by atoms with Crippen molar-refractivity contribution in [1.29, 1.82) is 0 Å². The molecule has 0 aliphatic carbocycles. The average molecular weight is 544 g/mol. The van der Waals surface area contributed by atoms with Gasteiger partial charge in [-0.25, -0.2) is 4.79 Å². The molecule has 2 heterocycles. The van der Waals surface area contributed by atoms with Crippen LogP contribution in [0, 0.1) is 0 Å². The lowest BCUT2D eigenvalue weighted by Gasteiger charge is -2.16. The summed E-state index contributed by atoms with van der Waals surface area (Å²) in [7, 11) is 1.36. The van der Waals surface area contributed by atoms with Crippen molar-refractivity contribution in [2.75, 3.05) is 17.7 Å². The third-order valence-electron chi connectivity index (χ3n) is 5.55. The van der Waals surface area contributed by atoms with E-state index >= 15 is 0 Å². The van der Waals surface area contributed by atoms with E-state index in [1.807, 2.05) is 20.8 Å². The molecule has 0 bridgehead atoms. The first-order chi connectivity index (χ1) is 18.3. The van der Waals surface area contributed by atoms with Gasteiger partial charge < -0.3 is 25.0 Å². The number of hydrogen-bond donors (Lipinski definition) is 3. The highest BCUT2D eigenvalue weighted by Crippen LogP contribution is 2.39. The van der Waals surface area contributed by atoms with Crippen LogP contribution in [0.5, 0.6) is 17.2 Å². The minimum Gasteiger partial charge on any atom is -0.496 e. The van der Waals surface area contributed by atoms with Crippen LogP contribution in [0.2, 0.25) is 0 Å². The summed E-state index contributed by atoms with van der Waals surface area (Å²) in [6.45, 7) is 5.62. The Morgan fingerprint density at radius 1 is 1.00 bits per heavy atom. The van der Waals surface area contributed by atoms with Crippen molar-refractivity contribution in [2.45, 2.75) is 32.4 Å². The molecule has 2 aromatic carbocycles. The fraction of sp³-hybridized carbons (Fsp3) is 0.231. The number of nitrogens with two attached hydrogens (primary N) is 1. The second kappa shape index (κ2) is 10.2. The van der Waals surface area contributed by atoms with Gasteiger partial charge in [0.2, 0.25) is 0 Å². The number of aromatic nitrogens is 2. The molecule has 0 unspecified atom stereocenters. The summed E-state index contributed by atoms with van der Waals surface area (Å²) in [5.74, 6) is -0.103. The van der Waals surface area contributed by atoms with Gasteiger partial charge in [-0.05, 0) is 30.3 Å². The molecule has 204 valence electrons. The van der Waals surface area contributed by atoms with Crippen molar-refractivity contribution < 1.29 is 36.8 Å². The number of methoxy groups -OCH3 is 1. The molecule has 0 saturated heterocycles. The van der Waals surface area contributed by atoms with Crippen LogP contribution in [0.3, 0.4) is 0 Å². The summed E-state index contributed by atoms with van der Waals surface area (Å²) in [5, 5.41) is 8.58. The zero-order valence-electron chi connectivity index (χ0n) is 21.3. The lowest BCUT2D eigenvalue weighted by atomic mass is 9.93. The molecule has 0 saturated carbocycles. The van der Waals surface area contributed by atoms with Crippen LogP contribution < -0.4 is 25.8 Å². The van der Waals surface area contributed by atoms with E-state index in [0.717, 1.165) is 12.1 Å². The number of ether oxygens (including phenoxy) is 2. The largest absolute Gasteiger partial charge is 0.496 e. The van der Waals surface area contributed by atoms with Crippen molar-refractivity contribution in [1.82, 2.24) is 10.1 Å². The summed E-state index contributed by atoms with van der Waals surface area (Å²) in [6, 6.07) is 7.87. The summed E-state index contributed by atoms with van der Waals surface area (Å²) in [5.41, 5.74) is 3.80. The first-order valence-corrected chi connectivity index (χ1v) is 11.5. The predicted molar refractivity (Wildman–Crippen MR) is 136 cm³/mol. The molecule has 0 aliphatic heterocycles. The number of anilines is 2. The van der Waals surface area contributed by atoms with Crippen LogP contribution >= 0.6 is 0 Å². The maximum absolute atomic E-state index is 13.9. The maximum Gasteiger partial charge on any atom is 0.418 e. The predicted octanol–water partition coefficient (Wildman–Crippen LogP) is 6.08. The van der Waals surface area contributed by atoms with Gasteiger partial charge in [-0.3, -0.25) is 15.1 Å². The van der Waals surface area contributed by atoms with Crippen molar-refractivity contribution in [3.8, 4) is 17.2 Å². The number of primary amides is 1. The van der Waals surface area contributed by atoms with Crippen molar-refractivity contribution >= 4 is 34.3 Å². The van der Waals surface area contributed by atoms with E-state index in [4.69, 9.17) is 19.7 Å². The van der Waals surface area contributed by atoms with Crippen LogP contribution in [0.15, 0.2) is 53.2 Å². The van der Waals surface area contributed by atoms with Crippen LogP contribution in [0.4, 0.5) is 29.5 Å². The van der Waals surface area contributed by atoms with Crippen LogP contribution in [-0.2, 0) is 11.6 Å². The molecule has 39 heavy (non-hydrogen) atoms. The van der Waals surface area contributed by atoms with Gasteiger partial charge in [-0.15, -0.1) is 0 Å². The highest BCUT2D eigenvalue weighted by molar-refractivity contribution is 6.01. The molecule has 3 amide bonds. The van der Waals surface area contributed by atoms with Crippen molar-refractivity contribution in [3.05, 3.63) is 65.5 Å². The summed E-state index contributed by atoms with van der Waals surface area (Å²) in [4.78, 5) is 28.5. The summed E-state index contributed by atoms with van der Waals surface area (Å²) < 4.78 is 57.9. The van der Waals surface area contributed by atoms with E-state index in [-0.39, 0.29) is 34.0 Å². The average Bonchev–Trinajstić information content (AvgIpc) is 3.32. The van der Waals surface area contributed by atoms with E-state index < -0.39 is 29.4 Å². The van der Waals surface area contributed by atoms with E-state index in [1.54, 1.807) is 0 Å². The molecule has 0 spiro atoms. The minimum absolute atomic E-state index is 0.0439. The zero-order valence-corrected chi connectivity index (χ0v) is 21.3. The Kier molecular flexibility index (Phi) is 7.09. The summed E-state index contributed by atoms with van der Waals surface area (Å²) >= 11 is 0.